The lowest BCUT2D eigenvalue weighted by molar-refractivity contribution is -0.139. The van der Waals surface area contributed by atoms with Crippen LogP contribution in [0.1, 0.15) is 49.3 Å². The summed E-state index contributed by atoms with van der Waals surface area (Å²) in [7, 11) is -4.07. The van der Waals surface area contributed by atoms with Crippen LogP contribution in [0.15, 0.2) is 83.8 Å². The van der Waals surface area contributed by atoms with Crippen LogP contribution in [0.2, 0.25) is 0 Å². The first-order valence-corrected chi connectivity index (χ1v) is 15.4. The third kappa shape index (κ3) is 6.91. The lowest BCUT2D eigenvalue weighted by Crippen LogP contribution is -2.53. The highest BCUT2D eigenvalue weighted by molar-refractivity contribution is 7.92. The quantitative estimate of drug-likeness (QED) is 0.356. The van der Waals surface area contributed by atoms with E-state index in [9.17, 15) is 18.0 Å². The van der Waals surface area contributed by atoms with Gasteiger partial charge in [-0.25, -0.2) is 8.42 Å². The van der Waals surface area contributed by atoms with Crippen LogP contribution in [0.25, 0.3) is 0 Å². The van der Waals surface area contributed by atoms with Crippen LogP contribution in [0.4, 0.5) is 5.69 Å². The fraction of sp³-hybridized carbons (Fsp3) is 0.375. The number of anilines is 1. The van der Waals surface area contributed by atoms with Crippen molar-refractivity contribution in [3.63, 3.8) is 0 Å². The summed E-state index contributed by atoms with van der Waals surface area (Å²) in [5.74, 6) is -0.636. The van der Waals surface area contributed by atoms with E-state index in [2.05, 4.69) is 5.32 Å². The number of nitrogens with one attached hydrogen (secondary N) is 1. The van der Waals surface area contributed by atoms with Gasteiger partial charge in [-0.1, -0.05) is 73.5 Å². The van der Waals surface area contributed by atoms with Gasteiger partial charge in [0.1, 0.15) is 12.6 Å². The van der Waals surface area contributed by atoms with E-state index in [-0.39, 0.29) is 23.4 Å². The predicted octanol–water partition coefficient (Wildman–Crippen LogP) is 5.02. The van der Waals surface area contributed by atoms with Gasteiger partial charge >= 0.3 is 0 Å². The molecule has 212 valence electrons. The van der Waals surface area contributed by atoms with Crippen LogP contribution < -0.4 is 9.62 Å². The second-order valence-corrected chi connectivity index (χ2v) is 12.4. The minimum absolute atomic E-state index is 0.103. The van der Waals surface area contributed by atoms with Gasteiger partial charge in [0.05, 0.1) is 10.6 Å². The van der Waals surface area contributed by atoms with E-state index < -0.39 is 28.5 Å². The van der Waals surface area contributed by atoms with Crippen LogP contribution in [0.3, 0.4) is 0 Å². The van der Waals surface area contributed by atoms with E-state index in [1.165, 1.54) is 21.3 Å². The van der Waals surface area contributed by atoms with Gasteiger partial charge in [-0.05, 0) is 74.9 Å². The highest BCUT2D eigenvalue weighted by Gasteiger charge is 2.33. The van der Waals surface area contributed by atoms with E-state index in [4.69, 9.17) is 0 Å². The molecule has 1 fully saturated rings. The molecule has 1 atom stereocenters. The van der Waals surface area contributed by atoms with E-state index in [1.807, 2.05) is 50.2 Å². The highest BCUT2D eigenvalue weighted by atomic mass is 32.2. The maximum absolute atomic E-state index is 14.0. The van der Waals surface area contributed by atoms with Crippen molar-refractivity contribution in [3.8, 4) is 0 Å². The highest BCUT2D eigenvalue weighted by Crippen LogP contribution is 2.29. The van der Waals surface area contributed by atoms with E-state index in [0.29, 0.717) is 12.1 Å². The molecule has 40 heavy (non-hydrogen) atoms. The molecule has 0 heterocycles. The zero-order valence-corrected chi connectivity index (χ0v) is 24.4. The number of sulfonamides is 1. The zero-order valence-electron chi connectivity index (χ0n) is 23.5. The van der Waals surface area contributed by atoms with Crippen molar-refractivity contribution in [2.24, 2.45) is 0 Å². The van der Waals surface area contributed by atoms with Gasteiger partial charge in [0.15, 0.2) is 0 Å². The fourth-order valence-corrected chi connectivity index (χ4v) is 6.69. The SMILES string of the molecule is Cc1cccc(N(CC(=O)N(CCc2ccccc2)C(C)C(=O)NC2CCCC2)S(=O)(=O)c2ccccc2)c1C. The van der Waals surface area contributed by atoms with E-state index in [0.717, 1.165) is 42.4 Å². The Morgan fingerprint density at radius 1 is 0.900 bits per heavy atom. The summed E-state index contributed by atoms with van der Waals surface area (Å²) in [6.45, 7) is 5.36. The summed E-state index contributed by atoms with van der Waals surface area (Å²) in [4.78, 5) is 29.0. The van der Waals surface area contributed by atoms with Crippen LogP contribution in [0, 0.1) is 13.8 Å². The summed E-state index contributed by atoms with van der Waals surface area (Å²) in [5.41, 5.74) is 3.18. The molecule has 0 spiro atoms. The second-order valence-electron chi connectivity index (χ2n) is 10.5. The molecule has 0 radical (unpaired) electrons. The van der Waals surface area contributed by atoms with Crippen molar-refractivity contribution in [1.82, 2.24) is 10.2 Å². The lowest BCUT2D eigenvalue weighted by atomic mass is 10.1. The number of hydrogen-bond acceptors (Lipinski definition) is 4. The third-order valence-electron chi connectivity index (χ3n) is 7.81. The Balaban J connectivity index is 1.66. The number of benzene rings is 3. The molecule has 0 aromatic heterocycles. The summed E-state index contributed by atoms with van der Waals surface area (Å²) in [5, 5.41) is 3.11. The molecule has 1 unspecified atom stereocenters. The van der Waals surface area contributed by atoms with Gasteiger partial charge in [-0.2, -0.15) is 0 Å². The van der Waals surface area contributed by atoms with Crippen molar-refractivity contribution in [1.29, 1.82) is 0 Å². The van der Waals surface area contributed by atoms with Crippen LogP contribution in [-0.4, -0.2) is 50.3 Å². The minimum Gasteiger partial charge on any atom is -0.352 e. The topological polar surface area (TPSA) is 86.8 Å². The average molecular weight is 562 g/mol. The summed E-state index contributed by atoms with van der Waals surface area (Å²) >= 11 is 0. The first kappa shape index (κ1) is 29.3. The molecule has 0 aliphatic heterocycles. The predicted molar refractivity (Wildman–Crippen MR) is 159 cm³/mol. The van der Waals surface area contributed by atoms with Gasteiger partial charge in [-0.15, -0.1) is 0 Å². The van der Waals surface area contributed by atoms with Gasteiger partial charge in [0.25, 0.3) is 10.0 Å². The molecule has 7 nitrogen and oxygen atoms in total. The Kier molecular flexibility index (Phi) is 9.63. The normalized spacial score (nSPS) is 14.5. The second kappa shape index (κ2) is 13.1. The standard InChI is InChI=1S/C32H39N3O4S/c1-24-13-12-20-30(25(24)2)35(40(38,39)29-18-8-5-9-19-29)23-31(36)34(22-21-27-14-6-4-7-15-27)26(3)32(37)33-28-16-10-11-17-28/h4-9,12-15,18-20,26,28H,10-11,16-17,21-23H2,1-3H3,(H,33,37). The number of aryl methyl sites for hydroxylation is 1. The number of carbonyl (C=O) groups is 2. The first-order chi connectivity index (χ1) is 19.2. The van der Waals surface area contributed by atoms with Crippen molar-refractivity contribution < 1.29 is 18.0 Å². The summed E-state index contributed by atoms with van der Waals surface area (Å²) < 4.78 is 29.1. The van der Waals surface area contributed by atoms with Crippen molar-refractivity contribution >= 4 is 27.5 Å². The Labute approximate surface area is 238 Å². The first-order valence-electron chi connectivity index (χ1n) is 14.0. The van der Waals surface area contributed by atoms with E-state index in [1.54, 1.807) is 37.3 Å². The van der Waals surface area contributed by atoms with Crippen LogP contribution in [0.5, 0.6) is 0 Å². The summed E-state index contributed by atoms with van der Waals surface area (Å²) in [6, 6.07) is 22.7. The third-order valence-corrected chi connectivity index (χ3v) is 9.58. The smallest absolute Gasteiger partial charge is 0.264 e. The molecule has 0 saturated heterocycles. The molecule has 0 bridgehead atoms. The van der Waals surface area contributed by atoms with Crippen LogP contribution in [-0.2, 0) is 26.0 Å². The van der Waals surface area contributed by atoms with Crippen molar-refractivity contribution in [2.45, 2.75) is 69.9 Å². The number of rotatable bonds is 11. The largest absolute Gasteiger partial charge is 0.352 e. The van der Waals surface area contributed by atoms with Crippen molar-refractivity contribution in [3.05, 3.63) is 95.6 Å². The molecule has 3 aromatic rings. The van der Waals surface area contributed by atoms with E-state index >= 15 is 0 Å². The molecule has 1 aliphatic rings. The molecular formula is C32H39N3O4S. The Morgan fingerprint density at radius 3 is 2.17 bits per heavy atom. The van der Waals surface area contributed by atoms with Crippen molar-refractivity contribution in [2.75, 3.05) is 17.4 Å². The summed E-state index contributed by atoms with van der Waals surface area (Å²) in [6.07, 6.45) is 4.58. The Hall–Kier alpha value is -3.65. The number of amides is 2. The number of nitrogens with zero attached hydrogens (tertiary/aromatic N) is 2. The van der Waals surface area contributed by atoms with Gasteiger partial charge < -0.3 is 10.2 Å². The average Bonchev–Trinajstić information content (AvgIpc) is 3.47. The Morgan fingerprint density at radius 2 is 1.52 bits per heavy atom. The maximum atomic E-state index is 14.0. The fourth-order valence-electron chi connectivity index (χ4n) is 5.20. The molecule has 1 N–H and O–H groups in total. The molecule has 1 aliphatic carbocycles. The molecule has 4 rings (SSSR count). The number of carbonyl (C=O) groups excluding carboxylic acids is 2. The zero-order chi connectivity index (χ0) is 28.7. The lowest BCUT2D eigenvalue weighted by Gasteiger charge is -2.33. The maximum Gasteiger partial charge on any atom is 0.264 e. The number of hydrogen-bond donors (Lipinski definition) is 1. The molecule has 1 saturated carbocycles. The Bertz CT molecular complexity index is 1400. The van der Waals surface area contributed by atoms with Gasteiger partial charge in [-0.3, -0.25) is 13.9 Å². The molecule has 3 aromatic carbocycles. The van der Waals surface area contributed by atoms with Gasteiger partial charge in [0.2, 0.25) is 11.8 Å². The van der Waals surface area contributed by atoms with Gasteiger partial charge in [0, 0.05) is 12.6 Å². The van der Waals surface area contributed by atoms with Crippen LogP contribution >= 0.6 is 0 Å². The minimum atomic E-state index is -4.07. The molecular weight excluding hydrogens is 522 g/mol. The molecule has 8 heteroatoms. The molecule has 2 amide bonds. The monoisotopic (exact) mass is 561 g/mol.